The topological polar surface area (TPSA) is 226 Å². The molecule has 0 bridgehead atoms. The number of amides is 1. The maximum absolute atomic E-state index is 14.8. The van der Waals surface area contributed by atoms with E-state index in [4.69, 9.17) is 47.9 Å². The first-order valence-electron chi connectivity index (χ1n) is 27.6. The van der Waals surface area contributed by atoms with Crippen LogP contribution in [0.4, 0.5) is 4.79 Å². The number of likely N-dealkylation sites (N-methyl/N-ethyl adjacent to an activating group) is 1. The minimum Gasteiger partial charge on any atom is -0.459 e. The molecule has 422 valence electrons. The Bertz CT molecular complexity index is 1780. The van der Waals surface area contributed by atoms with Crippen LogP contribution in [0.2, 0.25) is 0 Å². The second-order valence-corrected chi connectivity index (χ2v) is 23.2. The van der Waals surface area contributed by atoms with Gasteiger partial charge < -0.3 is 63.0 Å². The first kappa shape index (κ1) is 61.1. The Hall–Kier alpha value is -2.72. The number of carbonyl (C=O) groups excluding carboxylic acids is 3. The fourth-order valence-electron chi connectivity index (χ4n) is 12.4. The number of nitrogens with one attached hydrogen (secondary N) is 1. The Morgan fingerprint density at radius 2 is 1.53 bits per heavy atom. The van der Waals surface area contributed by atoms with Gasteiger partial charge >= 0.3 is 18.0 Å². The van der Waals surface area contributed by atoms with Gasteiger partial charge in [0.05, 0.1) is 53.8 Å². The monoisotopic (exact) mass is 1040 g/mol. The molecule has 0 aromatic rings. The highest BCUT2D eigenvalue weighted by atomic mass is 16.7. The van der Waals surface area contributed by atoms with Gasteiger partial charge in [0.1, 0.15) is 23.9 Å². The third kappa shape index (κ3) is 15.9. The highest BCUT2D eigenvalue weighted by Gasteiger charge is 2.55. The maximum Gasteiger partial charge on any atom is 0.422 e. The van der Waals surface area contributed by atoms with E-state index in [9.17, 15) is 29.7 Å². The number of hydrazine groups is 1. The summed E-state index contributed by atoms with van der Waals surface area (Å²) in [5, 5.41) is 44.3. The number of piperidine rings is 1. The van der Waals surface area contributed by atoms with Gasteiger partial charge in [0, 0.05) is 51.3 Å². The predicted molar refractivity (Wildman–Crippen MR) is 273 cm³/mol. The third-order valence-corrected chi connectivity index (χ3v) is 16.7. The van der Waals surface area contributed by atoms with Crippen LogP contribution in [-0.2, 0) is 52.3 Å². The van der Waals surface area contributed by atoms with Crippen molar-refractivity contribution in [2.75, 3.05) is 40.9 Å². The number of esters is 2. The van der Waals surface area contributed by atoms with Gasteiger partial charge in [-0.1, -0.05) is 71.4 Å². The number of ether oxygens (including phenoxy) is 8. The quantitative estimate of drug-likeness (QED) is 0.0583. The number of oxime groups is 1. The number of nitrogens with zero attached hydrogens (tertiary/aromatic N) is 3. The molecule has 5 aliphatic rings. The summed E-state index contributed by atoms with van der Waals surface area (Å²) < 4.78 is 51.4. The molecule has 4 aliphatic heterocycles. The predicted octanol–water partition coefficient (Wildman–Crippen LogP) is 6.66. The lowest BCUT2D eigenvalue weighted by Gasteiger charge is -2.49. The van der Waals surface area contributed by atoms with Crippen LogP contribution in [0.3, 0.4) is 0 Å². The first-order valence-corrected chi connectivity index (χ1v) is 27.6. The molecule has 1 aliphatic carbocycles. The average Bonchev–Trinajstić information content (AvgIpc) is 3.33. The van der Waals surface area contributed by atoms with E-state index in [0.29, 0.717) is 37.7 Å². The summed E-state index contributed by atoms with van der Waals surface area (Å²) in [6.45, 7) is 20.5. The first-order chi connectivity index (χ1) is 34.3. The second-order valence-electron chi connectivity index (χ2n) is 23.2. The van der Waals surface area contributed by atoms with Crippen LogP contribution in [0.25, 0.3) is 0 Å². The Morgan fingerprint density at radius 3 is 2.15 bits per heavy atom. The molecule has 18 atom stereocenters. The van der Waals surface area contributed by atoms with Gasteiger partial charge in [-0.15, -0.1) is 0 Å². The molecule has 0 spiro atoms. The van der Waals surface area contributed by atoms with Crippen molar-refractivity contribution < 1.29 is 72.4 Å². The summed E-state index contributed by atoms with van der Waals surface area (Å²) in [6, 6.07) is -0.372. The molecule has 4 saturated heterocycles. The zero-order chi connectivity index (χ0) is 54.0. The number of hydrogen-bond donors (Lipinski definition) is 4. The van der Waals surface area contributed by atoms with E-state index in [0.717, 1.165) is 32.1 Å². The lowest BCUT2D eigenvalue weighted by Crippen LogP contribution is -2.62. The normalized spacial score (nSPS) is 41.6. The smallest absolute Gasteiger partial charge is 0.422 e. The van der Waals surface area contributed by atoms with Crippen LogP contribution in [0, 0.1) is 29.6 Å². The van der Waals surface area contributed by atoms with Crippen molar-refractivity contribution in [3.63, 3.8) is 0 Å². The zero-order valence-corrected chi connectivity index (χ0v) is 46.8. The number of carbonyl (C=O) groups is 3. The van der Waals surface area contributed by atoms with Crippen LogP contribution < -0.4 is 5.43 Å². The molecule has 1 unspecified atom stereocenters. The Labute approximate surface area is 436 Å². The van der Waals surface area contributed by atoms with E-state index in [1.807, 2.05) is 44.8 Å². The van der Waals surface area contributed by atoms with Crippen LogP contribution in [0.5, 0.6) is 0 Å². The van der Waals surface area contributed by atoms with Gasteiger partial charge in [0.15, 0.2) is 24.8 Å². The highest BCUT2D eigenvalue weighted by Crippen LogP contribution is 2.42. The Morgan fingerprint density at radius 1 is 0.877 bits per heavy atom. The number of rotatable bonds is 15. The van der Waals surface area contributed by atoms with Crippen LogP contribution in [0.15, 0.2) is 5.16 Å². The largest absolute Gasteiger partial charge is 0.459 e. The minimum atomic E-state index is -1.97. The molecule has 1 amide bonds. The fourth-order valence-corrected chi connectivity index (χ4v) is 12.4. The van der Waals surface area contributed by atoms with Crippen LogP contribution >= 0.6 is 0 Å². The Balaban J connectivity index is 1.61. The lowest BCUT2D eigenvalue weighted by molar-refractivity contribution is -0.318. The molecule has 1 saturated carbocycles. The number of hydrogen-bond acceptors (Lipinski definition) is 18. The molecule has 5 fully saturated rings. The average molecular weight is 1040 g/mol. The molecule has 0 aromatic heterocycles. The molecule has 19 heteroatoms. The van der Waals surface area contributed by atoms with Crippen molar-refractivity contribution in [1.29, 1.82) is 0 Å². The minimum absolute atomic E-state index is 0.0165. The molecular weight excluding hydrogens is 945 g/mol. The standard InChI is InChI=1S/C54H96N4O15/c1-15-41-54(11,64)46(60)34(4)43(56-66-28-22-25-39-23-18-16-19-24-39)32(2)30-52(9,63)47(73-50-45(40(57(12)13)29-33(3)67-50)72-51(62)55-58-26-20-17-21-27-58)35(5)44(36(6)49(61)70-41)71-42-31-53(10,65-14)48(37(7)68-42)69-38(8)59/h32-37,39-42,44-48,50,60,63-64H,15-31H2,1-14H3,(H,55,62)/b56-43+/t32-,33-,34-,35+,36-,37+,40+,41+,42+,44+,45-,46-,47-,48+,50+,52?,53-,54-/m1/s1. The number of cyclic esters (lactones) is 1. The summed E-state index contributed by atoms with van der Waals surface area (Å²) >= 11 is 0. The van der Waals surface area contributed by atoms with Gasteiger partial charge in [0.25, 0.3) is 0 Å². The molecule has 19 nitrogen and oxygen atoms in total. The van der Waals surface area contributed by atoms with Crippen LogP contribution in [-0.4, -0.2) is 174 Å². The van der Waals surface area contributed by atoms with Crippen molar-refractivity contribution in [3.8, 4) is 0 Å². The number of methoxy groups -OCH3 is 1. The molecule has 0 radical (unpaired) electrons. The van der Waals surface area contributed by atoms with Gasteiger partial charge in [-0.2, -0.15) is 0 Å². The van der Waals surface area contributed by atoms with Crippen LogP contribution in [0.1, 0.15) is 166 Å². The molecule has 4 heterocycles. The lowest BCUT2D eigenvalue weighted by atomic mass is 9.73. The fraction of sp³-hybridized carbons (Fsp3) is 0.926. The summed E-state index contributed by atoms with van der Waals surface area (Å²) in [7, 11) is 5.32. The summed E-state index contributed by atoms with van der Waals surface area (Å²) in [5.41, 5.74) is -1.55. The molecular formula is C54H96N4O15. The summed E-state index contributed by atoms with van der Waals surface area (Å²) in [5.74, 6) is -4.04. The van der Waals surface area contributed by atoms with Gasteiger partial charge in [0.2, 0.25) is 0 Å². The van der Waals surface area contributed by atoms with E-state index in [1.54, 1.807) is 41.5 Å². The SMILES string of the molecule is CC[C@@H]1OC(=O)[C@H](C)[C@@H](O[C@H]2C[C@@](C)(OC)[C@@H](OC(C)=O)[C@H](C)O2)[C@H](C)[C@@H](O[C@@H]2O[C@H](C)C[C@H](N(C)C)[C@H]2OC(=O)NN2CCCCC2)C(C)(O)C[C@@H](C)/C(=N\OCCCC2CCCCC2)[C@@H](C)[C@@H](O)[C@]1(C)O. The van der Waals surface area contributed by atoms with Gasteiger partial charge in [-0.05, 0) is 107 Å². The molecule has 5 rings (SSSR count). The second kappa shape index (κ2) is 27.0. The number of aliphatic hydroxyl groups excluding tert-OH is 1. The van der Waals surface area contributed by atoms with E-state index >= 15 is 0 Å². The molecule has 4 N–H and O–H groups in total. The molecule has 0 aromatic carbocycles. The summed E-state index contributed by atoms with van der Waals surface area (Å²) in [6.07, 6.45) is 0.805. The number of aliphatic hydroxyl groups is 3. The third-order valence-electron chi connectivity index (χ3n) is 16.7. The van der Waals surface area contributed by atoms with Crippen molar-refractivity contribution in [3.05, 3.63) is 0 Å². The van der Waals surface area contributed by atoms with Gasteiger partial charge in [-0.25, -0.2) is 9.80 Å². The van der Waals surface area contributed by atoms with Crippen molar-refractivity contribution in [2.45, 2.75) is 250 Å². The van der Waals surface area contributed by atoms with E-state index in [2.05, 4.69) is 5.43 Å². The van der Waals surface area contributed by atoms with Crippen molar-refractivity contribution >= 4 is 23.7 Å². The zero-order valence-electron chi connectivity index (χ0n) is 46.8. The Kier molecular flexibility index (Phi) is 22.7. The maximum atomic E-state index is 14.8. The molecule has 73 heavy (non-hydrogen) atoms. The summed E-state index contributed by atoms with van der Waals surface area (Å²) in [4.78, 5) is 48.9. The van der Waals surface area contributed by atoms with E-state index in [1.165, 1.54) is 53.1 Å². The van der Waals surface area contributed by atoms with Gasteiger partial charge in [-0.3, -0.25) is 15.0 Å². The van der Waals surface area contributed by atoms with E-state index in [-0.39, 0.29) is 31.4 Å². The van der Waals surface area contributed by atoms with Crippen molar-refractivity contribution in [2.24, 2.45) is 34.7 Å². The highest BCUT2D eigenvalue weighted by molar-refractivity contribution is 5.88. The van der Waals surface area contributed by atoms with Crippen molar-refractivity contribution in [1.82, 2.24) is 15.3 Å². The van der Waals surface area contributed by atoms with E-state index < -0.39 is 114 Å².